The first-order valence-corrected chi connectivity index (χ1v) is 6.56. The van der Waals surface area contributed by atoms with E-state index in [1.54, 1.807) is 14.2 Å². The molecule has 0 saturated carbocycles. The standard InChI is InChI=1S/C14H21N3O2/c1-4-5-14-16-10-8-12(18-2)13(19-3)9-11(10)17(14)7-6-15/h8-9H,4-7,15H2,1-3H3. The van der Waals surface area contributed by atoms with Gasteiger partial charge in [0, 0.05) is 31.6 Å². The minimum Gasteiger partial charge on any atom is -0.493 e. The number of nitrogens with two attached hydrogens (primary N) is 1. The van der Waals surface area contributed by atoms with Crippen LogP contribution in [0.25, 0.3) is 11.0 Å². The third-order valence-corrected chi connectivity index (χ3v) is 3.16. The maximum Gasteiger partial charge on any atom is 0.163 e. The molecule has 2 aromatic rings. The zero-order valence-electron chi connectivity index (χ0n) is 11.8. The summed E-state index contributed by atoms with van der Waals surface area (Å²) in [7, 11) is 3.27. The highest BCUT2D eigenvalue weighted by Crippen LogP contribution is 2.32. The molecule has 104 valence electrons. The second-order valence-corrected chi connectivity index (χ2v) is 4.41. The van der Waals surface area contributed by atoms with Crippen molar-refractivity contribution in [3.05, 3.63) is 18.0 Å². The molecule has 0 aliphatic carbocycles. The number of methoxy groups -OCH3 is 2. The van der Waals surface area contributed by atoms with Crippen molar-refractivity contribution < 1.29 is 9.47 Å². The first-order chi connectivity index (χ1) is 9.24. The Kier molecular flexibility index (Phi) is 4.27. The third kappa shape index (κ3) is 2.51. The Bertz CT molecular complexity index is 563. The van der Waals surface area contributed by atoms with Gasteiger partial charge in [0.15, 0.2) is 11.5 Å². The Morgan fingerprint density at radius 3 is 2.47 bits per heavy atom. The first kappa shape index (κ1) is 13.7. The van der Waals surface area contributed by atoms with Gasteiger partial charge in [0.2, 0.25) is 0 Å². The van der Waals surface area contributed by atoms with Gasteiger partial charge in [0.1, 0.15) is 5.82 Å². The zero-order valence-corrected chi connectivity index (χ0v) is 11.8. The third-order valence-electron chi connectivity index (χ3n) is 3.16. The van der Waals surface area contributed by atoms with Crippen LogP contribution in [-0.4, -0.2) is 30.3 Å². The molecule has 1 aromatic carbocycles. The van der Waals surface area contributed by atoms with Crippen LogP contribution in [0.15, 0.2) is 12.1 Å². The van der Waals surface area contributed by atoms with Gasteiger partial charge >= 0.3 is 0 Å². The van der Waals surface area contributed by atoms with Gasteiger partial charge < -0.3 is 19.8 Å². The Balaban J connectivity index is 2.62. The number of hydrogen-bond donors (Lipinski definition) is 1. The largest absolute Gasteiger partial charge is 0.493 e. The summed E-state index contributed by atoms with van der Waals surface area (Å²) in [4.78, 5) is 4.68. The van der Waals surface area contributed by atoms with Crippen molar-refractivity contribution >= 4 is 11.0 Å². The van der Waals surface area contributed by atoms with Crippen LogP contribution in [0.2, 0.25) is 0 Å². The summed E-state index contributed by atoms with van der Waals surface area (Å²) in [5.74, 6) is 2.49. The minimum absolute atomic E-state index is 0.594. The number of hydrogen-bond acceptors (Lipinski definition) is 4. The van der Waals surface area contributed by atoms with E-state index in [1.807, 2.05) is 12.1 Å². The number of nitrogens with zero attached hydrogens (tertiary/aromatic N) is 2. The molecule has 5 heteroatoms. The maximum atomic E-state index is 5.70. The SMILES string of the molecule is CCCc1nc2cc(OC)c(OC)cc2n1CCN. The Morgan fingerprint density at radius 1 is 1.21 bits per heavy atom. The smallest absolute Gasteiger partial charge is 0.163 e. The van der Waals surface area contributed by atoms with Crippen LogP contribution >= 0.6 is 0 Å². The van der Waals surface area contributed by atoms with Crippen LogP contribution in [-0.2, 0) is 13.0 Å². The highest BCUT2D eigenvalue weighted by atomic mass is 16.5. The van der Waals surface area contributed by atoms with Crippen molar-refractivity contribution in [2.75, 3.05) is 20.8 Å². The van der Waals surface area contributed by atoms with Gasteiger partial charge in [-0.25, -0.2) is 4.98 Å². The van der Waals surface area contributed by atoms with Crippen molar-refractivity contribution in [1.82, 2.24) is 9.55 Å². The average Bonchev–Trinajstić information content (AvgIpc) is 2.75. The molecule has 0 bridgehead atoms. The molecular formula is C14H21N3O2. The Labute approximate surface area is 113 Å². The summed E-state index contributed by atoms with van der Waals surface area (Å²) in [5, 5.41) is 0. The molecule has 1 aromatic heterocycles. The molecule has 0 spiro atoms. The van der Waals surface area contributed by atoms with Gasteiger partial charge in [0.05, 0.1) is 25.3 Å². The number of benzene rings is 1. The summed E-state index contributed by atoms with van der Waals surface area (Å²) >= 11 is 0. The maximum absolute atomic E-state index is 5.70. The van der Waals surface area contributed by atoms with Crippen molar-refractivity contribution in [1.29, 1.82) is 0 Å². The number of ether oxygens (including phenoxy) is 2. The van der Waals surface area contributed by atoms with Gasteiger partial charge in [0.25, 0.3) is 0 Å². The normalized spacial score (nSPS) is 10.9. The molecule has 0 fully saturated rings. The van der Waals surface area contributed by atoms with Crippen LogP contribution in [0, 0.1) is 0 Å². The molecule has 19 heavy (non-hydrogen) atoms. The van der Waals surface area contributed by atoms with Crippen molar-refractivity contribution in [3.63, 3.8) is 0 Å². The second kappa shape index (κ2) is 5.93. The van der Waals surface area contributed by atoms with E-state index in [2.05, 4.69) is 16.5 Å². The lowest BCUT2D eigenvalue weighted by molar-refractivity contribution is 0.355. The fraction of sp³-hybridized carbons (Fsp3) is 0.500. The highest BCUT2D eigenvalue weighted by Gasteiger charge is 2.14. The molecule has 1 heterocycles. The number of fused-ring (bicyclic) bond motifs is 1. The molecule has 0 saturated heterocycles. The lowest BCUT2D eigenvalue weighted by Gasteiger charge is -2.09. The van der Waals surface area contributed by atoms with E-state index in [4.69, 9.17) is 15.2 Å². The summed E-state index contributed by atoms with van der Waals surface area (Å²) in [5.41, 5.74) is 7.67. The van der Waals surface area contributed by atoms with Crippen LogP contribution in [0.3, 0.4) is 0 Å². The van der Waals surface area contributed by atoms with Crippen molar-refractivity contribution in [3.8, 4) is 11.5 Å². The number of rotatable bonds is 6. The van der Waals surface area contributed by atoms with Crippen LogP contribution in [0.1, 0.15) is 19.2 Å². The lowest BCUT2D eigenvalue weighted by atomic mass is 10.2. The molecule has 0 unspecified atom stereocenters. The number of imidazole rings is 1. The molecule has 0 radical (unpaired) electrons. The summed E-state index contributed by atoms with van der Waals surface area (Å²) < 4.78 is 12.8. The van der Waals surface area contributed by atoms with Gasteiger partial charge in [-0.3, -0.25) is 0 Å². The molecule has 0 aliphatic rings. The van der Waals surface area contributed by atoms with Gasteiger partial charge in [-0.2, -0.15) is 0 Å². The Hall–Kier alpha value is -1.75. The van der Waals surface area contributed by atoms with Crippen LogP contribution in [0.4, 0.5) is 0 Å². The van der Waals surface area contributed by atoms with Crippen molar-refractivity contribution in [2.45, 2.75) is 26.3 Å². The summed E-state index contributed by atoms with van der Waals surface area (Å²) in [6, 6.07) is 3.89. The second-order valence-electron chi connectivity index (χ2n) is 4.41. The van der Waals surface area contributed by atoms with E-state index >= 15 is 0 Å². The van der Waals surface area contributed by atoms with Gasteiger partial charge in [-0.15, -0.1) is 0 Å². The number of aromatic nitrogens is 2. The average molecular weight is 263 g/mol. The first-order valence-electron chi connectivity index (χ1n) is 6.56. The molecule has 2 N–H and O–H groups in total. The van der Waals surface area contributed by atoms with Gasteiger partial charge in [-0.05, 0) is 6.42 Å². The minimum atomic E-state index is 0.594. The molecule has 2 rings (SSSR count). The van der Waals surface area contributed by atoms with Crippen molar-refractivity contribution in [2.24, 2.45) is 5.73 Å². The van der Waals surface area contributed by atoms with E-state index in [1.165, 1.54) is 0 Å². The van der Waals surface area contributed by atoms with Crippen LogP contribution in [0.5, 0.6) is 11.5 Å². The monoisotopic (exact) mass is 263 g/mol. The highest BCUT2D eigenvalue weighted by molar-refractivity contribution is 5.80. The molecule has 0 amide bonds. The summed E-state index contributed by atoms with van der Waals surface area (Å²) in [6.07, 6.45) is 2.00. The quantitative estimate of drug-likeness (QED) is 0.865. The predicted molar refractivity (Wildman–Crippen MR) is 75.9 cm³/mol. The number of aryl methyl sites for hydroxylation is 1. The van der Waals surface area contributed by atoms with E-state index in [0.29, 0.717) is 12.3 Å². The molecule has 5 nitrogen and oxygen atoms in total. The predicted octanol–water partition coefficient (Wildman–Crippen LogP) is 1.96. The van der Waals surface area contributed by atoms with Crippen LogP contribution < -0.4 is 15.2 Å². The zero-order chi connectivity index (χ0) is 13.8. The lowest BCUT2D eigenvalue weighted by Crippen LogP contribution is -2.12. The molecular weight excluding hydrogens is 242 g/mol. The van der Waals surface area contributed by atoms with E-state index in [-0.39, 0.29) is 0 Å². The fourth-order valence-corrected chi connectivity index (χ4v) is 2.29. The Morgan fingerprint density at radius 2 is 1.89 bits per heavy atom. The fourth-order valence-electron chi connectivity index (χ4n) is 2.29. The van der Waals surface area contributed by atoms with E-state index in [0.717, 1.165) is 42.0 Å². The topological polar surface area (TPSA) is 62.3 Å². The molecule has 0 aliphatic heterocycles. The summed E-state index contributed by atoms with van der Waals surface area (Å²) in [6.45, 7) is 3.51. The van der Waals surface area contributed by atoms with Gasteiger partial charge in [-0.1, -0.05) is 6.92 Å². The van der Waals surface area contributed by atoms with E-state index < -0.39 is 0 Å². The van der Waals surface area contributed by atoms with E-state index in [9.17, 15) is 0 Å². The molecule has 0 atom stereocenters.